The third-order valence-electron chi connectivity index (χ3n) is 4.34. The molecule has 29 heavy (non-hydrogen) atoms. The van der Waals surface area contributed by atoms with Crippen molar-refractivity contribution in [2.75, 3.05) is 12.5 Å². The van der Waals surface area contributed by atoms with Crippen LogP contribution in [0.1, 0.15) is 11.4 Å². The zero-order valence-electron chi connectivity index (χ0n) is 16.2. The van der Waals surface area contributed by atoms with E-state index in [0.717, 1.165) is 28.1 Å². The first-order valence-electron chi connectivity index (χ1n) is 9.02. The number of rotatable bonds is 4. The fourth-order valence-electron chi connectivity index (χ4n) is 3.02. The summed E-state index contributed by atoms with van der Waals surface area (Å²) >= 11 is 6.20. The van der Waals surface area contributed by atoms with E-state index in [1.54, 1.807) is 13.2 Å². The molecule has 0 amide bonds. The molecule has 0 aliphatic carbocycles. The molecular formula is C22H19ClN4O2. The van der Waals surface area contributed by atoms with E-state index >= 15 is 0 Å². The van der Waals surface area contributed by atoms with E-state index in [0.29, 0.717) is 27.7 Å². The van der Waals surface area contributed by atoms with Gasteiger partial charge in [0, 0.05) is 33.4 Å². The Hall–Kier alpha value is -3.38. The summed E-state index contributed by atoms with van der Waals surface area (Å²) in [5.41, 5.74) is 6.26. The van der Waals surface area contributed by atoms with Crippen molar-refractivity contribution in [2.24, 2.45) is 5.10 Å². The van der Waals surface area contributed by atoms with Crippen LogP contribution >= 0.6 is 11.6 Å². The lowest BCUT2D eigenvalue weighted by atomic mass is 10.1. The smallest absolute Gasteiger partial charge is 0.243 e. The van der Waals surface area contributed by atoms with Crippen LogP contribution in [0.25, 0.3) is 22.3 Å². The SMILES string of the molecule is COc1ccc(-c2c/c(=N\Nc3nc(C)cc(C)n3)c3cc(Cl)ccc3o2)cc1. The first-order valence-corrected chi connectivity index (χ1v) is 9.39. The Bertz CT molecular complexity index is 1230. The van der Waals surface area contributed by atoms with E-state index in [2.05, 4.69) is 20.5 Å². The molecule has 2 heterocycles. The predicted octanol–water partition coefficient (Wildman–Crippen LogP) is 5.10. The molecule has 4 aromatic rings. The van der Waals surface area contributed by atoms with E-state index < -0.39 is 0 Å². The molecule has 0 aliphatic heterocycles. The number of nitrogens with one attached hydrogen (secondary N) is 1. The highest BCUT2D eigenvalue weighted by molar-refractivity contribution is 6.31. The number of aryl methyl sites for hydroxylation is 2. The zero-order valence-corrected chi connectivity index (χ0v) is 17.0. The van der Waals surface area contributed by atoms with Gasteiger partial charge in [-0.25, -0.2) is 15.4 Å². The van der Waals surface area contributed by atoms with Crippen molar-refractivity contribution in [1.82, 2.24) is 9.97 Å². The van der Waals surface area contributed by atoms with E-state index in [4.69, 9.17) is 20.8 Å². The molecule has 6 nitrogen and oxygen atoms in total. The van der Waals surface area contributed by atoms with Gasteiger partial charge in [-0.15, -0.1) is 0 Å². The highest BCUT2D eigenvalue weighted by atomic mass is 35.5. The standard InChI is InChI=1S/C22H19ClN4O2/c1-13-10-14(2)25-22(24-13)27-26-19-12-21(15-4-7-17(28-3)8-5-15)29-20-9-6-16(23)11-18(19)20/h4-12H,1-3H3,(H,24,25,27)/b26-19+. The summed E-state index contributed by atoms with van der Waals surface area (Å²) in [6.07, 6.45) is 0. The molecule has 1 N–H and O–H groups in total. The maximum Gasteiger partial charge on any atom is 0.243 e. The summed E-state index contributed by atoms with van der Waals surface area (Å²) in [6, 6.07) is 16.8. The van der Waals surface area contributed by atoms with Gasteiger partial charge in [-0.05, 0) is 62.4 Å². The van der Waals surface area contributed by atoms with Gasteiger partial charge in [-0.1, -0.05) is 11.6 Å². The second-order valence-corrected chi connectivity index (χ2v) is 7.00. The number of fused-ring (bicyclic) bond motifs is 1. The number of hydrogen-bond acceptors (Lipinski definition) is 6. The summed E-state index contributed by atoms with van der Waals surface area (Å²) in [7, 11) is 1.64. The molecule has 0 spiro atoms. The molecule has 0 aliphatic rings. The number of hydrogen-bond donors (Lipinski definition) is 1. The van der Waals surface area contributed by atoms with Crippen LogP contribution in [-0.4, -0.2) is 17.1 Å². The van der Waals surface area contributed by atoms with Crippen LogP contribution in [0.3, 0.4) is 0 Å². The molecule has 0 bridgehead atoms. The summed E-state index contributed by atoms with van der Waals surface area (Å²) in [4.78, 5) is 8.73. The lowest BCUT2D eigenvalue weighted by molar-refractivity contribution is 0.415. The third-order valence-corrected chi connectivity index (χ3v) is 4.57. The molecule has 0 unspecified atom stereocenters. The third kappa shape index (κ3) is 4.22. The minimum Gasteiger partial charge on any atom is -0.497 e. The Morgan fingerprint density at radius 2 is 1.69 bits per heavy atom. The molecular weight excluding hydrogens is 388 g/mol. The Labute approximate surface area is 172 Å². The number of nitrogens with zero attached hydrogens (tertiary/aromatic N) is 3. The van der Waals surface area contributed by atoms with Gasteiger partial charge < -0.3 is 9.15 Å². The van der Waals surface area contributed by atoms with E-state index in [-0.39, 0.29) is 0 Å². The van der Waals surface area contributed by atoms with Crippen molar-refractivity contribution in [1.29, 1.82) is 0 Å². The number of ether oxygens (including phenoxy) is 1. The number of halogens is 1. The molecule has 146 valence electrons. The van der Waals surface area contributed by atoms with Gasteiger partial charge in [-0.3, -0.25) is 0 Å². The molecule has 2 aromatic carbocycles. The van der Waals surface area contributed by atoms with Gasteiger partial charge in [0.25, 0.3) is 0 Å². The van der Waals surface area contributed by atoms with Crippen LogP contribution < -0.4 is 15.5 Å². The van der Waals surface area contributed by atoms with E-state index in [1.807, 2.05) is 62.4 Å². The summed E-state index contributed by atoms with van der Waals surface area (Å²) in [5, 5.41) is 6.58. The second kappa shape index (κ2) is 7.93. The van der Waals surface area contributed by atoms with Crippen LogP contribution in [0.2, 0.25) is 5.02 Å². The molecule has 0 radical (unpaired) electrons. The van der Waals surface area contributed by atoms with Crippen molar-refractivity contribution >= 4 is 28.5 Å². The zero-order chi connectivity index (χ0) is 20.4. The van der Waals surface area contributed by atoms with Crippen molar-refractivity contribution in [3.8, 4) is 17.1 Å². The van der Waals surface area contributed by atoms with Crippen molar-refractivity contribution in [3.63, 3.8) is 0 Å². The maximum atomic E-state index is 6.20. The van der Waals surface area contributed by atoms with Gasteiger partial charge in [0.05, 0.1) is 12.5 Å². The Kier molecular flexibility index (Phi) is 5.18. The predicted molar refractivity (Wildman–Crippen MR) is 114 cm³/mol. The number of anilines is 1. The van der Waals surface area contributed by atoms with Crippen LogP contribution in [-0.2, 0) is 0 Å². The van der Waals surface area contributed by atoms with Gasteiger partial charge in [0.1, 0.15) is 17.1 Å². The van der Waals surface area contributed by atoms with Crippen LogP contribution in [0, 0.1) is 13.8 Å². The Morgan fingerprint density at radius 3 is 2.38 bits per heavy atom. The molecule has 7 heteroatoms. The Morgan fingerprint density at radius 1 is 0.966 bits per heavy atom. The highest BCUT2D eigenvalue weighted by Crippen LogP contribution is 2.25. The first-order chi connectivity index (χ1) is 14.0. The molecule has 0 fully saturated rings. The Balaban J connectivity index is 1.84. The van der Waals surface area contributed by atoms with Crippen LogP contribution in [0.15, 0.2) is 64.1 Å². The number of benzene rings is 2. The van der Waals surface area contributed by atoms with Gasteiger partial charge in [0.2, 0.25) is 5.95 Å². The largest absolute Gasteiger partial charge is 0.497 e. The van der Waals surface area contributed by atoms with Crippen molar-refractivity contribution in [3.05, 3.63) is 76.4 Å². The fourth-order valence-corrected chi connectivity index (χ4v) is 3.19. The fraction of sp³-hybridized carbons (Fsp3) is 0.136. The quantitative estimate of drug-likeness (QED) is 0.477. The minimum atomic E-state index is 0.435. The highest BCUT2D eigenvalue weighted by Gasteiger charge is 2.08. The first kappa shape index (κ1) is 19.0. The normalized spacial score (nSPS) is 11.7. The number of methoxy groups -OCH3 is 1. The summed E-state index contributed by atoms with van der Waals surface area (Å²) < 4.78 is 11.3. The minimum absolute atomic E-state index is 0.435. The summed E-state index contributed by atoms with van der Waals surface area (Å²) in [5.74, 6) is 1.88. The average molecular weight is 407 g/mol. The van der Waals surface area contributed by atoms with Gasteiger partial charge in [0.15, 0.2) is 0 Å². The van der Waals surface area contributed by atoms with Crippen molar-refractivity contribution in [2.45, 2.75) is 13.8 Å². The average Bonchev–Trinajstić information content (AvgIpc) is 2.71. The molecule has 2 aromatic heterocycles. The second-order valence-electron chi connectivity index (χ2n) is 6.56. The maximum absolute atomic E-state index is 6.20. The van der Waals surface area contributed by atoms with Crippen molar-refractivity contribution < 1.29 is 9.15 Å². The van der Waals surface area contributed by atoms with Crippen LogP contribution in [0.4, 0.5) is 5.95 Å². The summed E-state index contributed by atoms with van der Waals surface area (Å²) in [6.45, 7) is 3.83. The molecule has 0 atom stereocenters. The van der Waals surface area contributed by atoms with Crippen LogP contribution in [0.5, 0.6) is 5.75 Å². The molecule has 4 rings (SSSR count). The van der Waals surface area contributed by atoms with E-state index in [9.17, 15) is 0 Å². The molecule has 0 saturated heterocycles. The number of aromatic nitrogens is 2. The molecule has 0 saturated carbocycles. The topological polar surface area (TPSA) is 72.5 Å². The lowest BCUT2D eigenvalue weighted by Gasteiger charge is -2.07. The van der Waals surface area contributed by atoms with Gasteiger partial charge >= 0.3 is 0 Å². The monoisotopic (exact) mass is 406 g/mol. The lowest BCUT2D eigenvalue weighted by Crippen LogP contribution is -2.09. The van der Waals surface area contributed by atoms with E-state index in [1.165, 1.54) is 0 Å². The van der Waals surface area contributed by atoms with Gasteiger partial charge in [-0.2, -0.15) is 5.10 Å².